The number of nitrogen functional groups attached to an aromatic ring is 1. The van der Waals surface area contributed by atoms with E-state index in [-0.39, 0.29) is 0 Å². The molecular weight excluding hydrogens is 258 g/mol. The molecule has 0 amide bonds. The van der Waals surface area contributed by atoms with Crippen LogP contribution >= 0.6 is 0 Å². The van der Waals surface area contributed by atoms with Crippen molar-refractivity contribution in [3.63, 3.8) is 0 Å². The number of hydrogen-bond acceptors (Lipinski definition) is 2. The number of pyridine rings is 1. The highest BCUT2D eigenvalue weighted by atomic mass is 15.0. The maximum absolute atomic E-state index is 5.89. The zero-order valence-electron chi connectivity index (χ0n) is 11.5. The number of benzene rings is 2. The molecule has 0 spiro atoms. The van der Waals surface area contributed by atoms with Crippen LogP contribution in [0.4, 0.5) is 5.69 Å². The summed E-state index contributed by atoms with van der Waals surface area (Å²) >= 11 is 0. The highest BCUT2D eigenvalue weighted by molar-refractivity contribution is 5.83. The van der Waals surface area contributed by atoms with Crippen LogP contribution in [0.2, 0.25) is 0 Å². The molecule has 0 saturated carbocycles. The van der Waals surface area contributed by atoms with Gasteiger partial charge in [0.05, 0.1) is 23.3 Å². The molecule has 21 heavy (non-hydrogen) atoms. The van der Waals surface area contributed by atoms with Gasteiger partial charge in [-0.15, -0.1) is 0 Å². The van der Waals surface area contributed by atoms with Crippen LogP contribution in [0.25, 0.3) is 21.8 Å². The Morgan fingerprint density at radius 2 is 1.76 bits per heavy atom. The summed E-state index contributed by atoms with van der Waals surface area (Å²) in [6, 6.07) is 20.5. The minimum absolute atomic E-state index is 0.748. The van der Waals surface area contributed by atoms with Gasteiger partial charge in [0.25, 0.3) is 0 Å². The molecule has 0 fully saturated rings. The largest absolute Gasteiger partial charge is 0.399 e. The summed E-state index contributed by atoms with van der Waals surface area (Å²) in [6.45, 7) is 0.748. The molecule has 0 radical (unpaired) electrons. The number of rotatable bonds is 2. The molecule has 102 valence electrons. The quantitative estimate of drug-likeness (QED) is 0.564. The van der Waals surface area contributed by atoms with Gasteiger partial charge in [0.15, 0.2) is 0 Å². The Labute approximate surface area is 122 Å². The van der Waals surface area contributed by atoms with E-state index in [1.807, 2.05) is 30.3 Å². The Balaban J connectivity index is 1.77. The molecule has 0 atom stereocenters. The molecule has 4 aromatic rings. The Hall–Kier alpha value is -2.81. The fourth-order valence-electron chi connectivity index (χ4n) is 2.71. The first-order valence-electron chi connectivity index (χ1n) is 6.99. The first-order valence-corrected chi connectivity index (χ1v) is 6.99. The van der Waals surface area contributed by atoms with Crippen LogP contribution in [0.1, 0.15) is 5.69 Å². The smallest absolute Gasteiger partial charge is 0.0706 e. The molecular formula is C18H15N3. The minimum atomic E-state index is 0.748. The lowest BCUT2D eigenvalue weighted by Gasteiger charge is -2.07. The molecule has 0 bridgehead atoms. The van der Waals surface area contributed by atoms with Crippen molar-refractivity contribution in [1.29, 1.82) is 0 Å². The predicted octanol–water partition coefficient (Wildman–Crippen LogP) is 3.82. The number of anilines is 1. The van der Waals surface area contributed by atoms with Crippen LogP contribution in [0.15, 0.2) is 66.9 Å². The van der Waals surface area contributed by atoms with Gasteiger partial charge in [0.1, 0.15) is 0 Å². The molecule has 0 aliphatic carbocycles. The maximum Gasteiger partial charge on any atom is 0.0706 e. The average molecular weight is 273 g/mol. The van der Waals surface area contributed by atoms with Gasteiger partial charge in [0.2, 0.25) is 0 Å². The maximum atomic E-state index is 5.89. The van der Waals surface area contributed by atoms with E-state index >= 15 is 0 Å². The Morgan fingerprint density at radius 3 is 2.71 bits per heavy atom. The topological polar surface area (TPSA) is 43.8 Å². The summed E-state index contributed by atoms with van der Waals surface area (Å²) < 4.78 is 2.18. The van der Waals surface area contributed by atoms with Crippen LogP contribution in [-0.4, -0.2) is 9.55 Å². The fraction of sp³-hybridized carbons (Fsp3) is 0.0556. The third kappa shape index (κ3) is 2.13. The summed E-state index contributed by atoms with van der Waals surface area (Å²) in [5.41, 5.74) is 9.90. The van der Waals surface area contributed by atoms with Gasteiger partial charge in [-0.05, 0) is 35.7 Å². The number of nitrogens with zero attached hydrogens (tertiary/aromatic N) is 2. The van der Waals surface area contributed by atoms with E-state index in [1.165, 1.54) is 10.8 Å². The molecule has 2 heterocycles. The summed E-state index contributed by atoms with van der Waals surface area (Å²) in [5.74, 6) is 0. The van der Waals surface area contributed by atoms with E-state index in [0.29, 0.717) is 0 Å². The van der Waals surface area contributed by atoms with E-state index in [1.54, 1.807) is 0 Å². The second-order valence-electron chi connectivity index (χ2n) is 5.26. The van der Waals surface area contributed by atoms with E-state index < -0.39 is 0 Å². The second kappa shape index (κ2) is 4.63. The Bertz CT molecular complexity index is 937. The molecule has 4 rings (SSSR count). The SMILES string of the molecule is Nc1ccc2ccn(Cc3ccc4ccccc4n3)c2c1. The fourth-order valence-corrected chi connectivity index (χ4v) is 2.71. The van der Waals surface area contributed by atoms with Crippen LogP contribution in [0.3, 0.4) is 0 Å². The predicted molar refractivity (Wildman–Crippen MR) is 87.2 cm³/mol. The van der Waals surface area contributed by atoms with E-state index in [4.69, 9.17) is 10.7 Å². The van der Waals surface area contributed by atoms with Crippen molar-refractivity contribution in [2.75, 3.05) is 5.73 Å². The Kier molecular flexibility index (Phi) is 2.64. The molecule has 2 aromatic carbocycles. The summed E-state index contributed by atoms with van der Waals surface area (Å²) in [4.78, 5) is 4.73. The van der Waals surface area contributed by atoms with Crippen LogP contribution < -0.4 is 5.73 Å². The number of hydrogen-bond donors (Lipinski definition) is 1. The lowest BCUT2D eigenvalue weighted by molar-refractivity contribution is 0.812. The van der Waals surface area contributed by atoms with Crippen molar-refractivity contribution in [3.05, 3.63) is 72.6 Å². The van der Waals surface area contributed by atoms with Gasteiger partial charge < -0.3 is 10.3 Å². The highest BCUT2D eigenvalue weighted by Gasteiger charge is 2.04. The second-order valence-corrected chi connectivity index (χ2v) is 5.26. The van der Waals surface area contributed by atoms with Crippen molar-refractivity contribution in [1.82, 2.24) is 9.55 Å². The van der Waals surface area contributed by atoms with Crippen molar-refractivity contribution >= 4 is 27.5 Å². The van der Waals surface area contributed by atoms with Gasteiger partial charge in [-0.25, -0.2) is 0 Å². The minimum Gasteiger partial charge on any atom is -0.399 e. The lowest BCUT2D eigenvalue weighted by atomic mass is 10.2. The standard InChI is InChI=1S/C18H15N3/c19-15-7-5-14-9-10-21(18(14)11-15)12-16-8-6-13-3-1-2-4-17(13)20-16/h1-11H,12,19H2. The van der Waals surface area contributed by atoms with Crippen molar-refractivity contribution in [2.24, 2.45) is 0 Å². The zero-order valence-corrected chi connectivity index (χ0v) is 11.5. The van der Waals surface area contributed by atoms with Gasteiger partial charge in [-0.3, -0.25) is 4.98 Å². The summed E-state index contributed by atoms with van der Waals surface area (Å²) in [5, 5.41) is 2.37. The van der Waals surface area contributed by atoms with E-state index in [0.717, 1.165) is 29.0 Å². The van der Waals surface area contributed by atoms with Gasteiger partial charge >= 0.3 is 0 Å². The average Bonchev–Trinajstić information content (AvgIpc) is 2.89. The summed E-state index contributed by atoms with van der Waals surface area (Å²) in [6.07, 6.45) is 2.08. The Morgan fingerprint density at radius 1 is 0.905 bits per heavy atom. The van der Waals surface area contributed by atoms with Crippen molar-refractivity contribution in [2.45, 2.75) is 6.54 Å². The third-order valence-electron chi connectivity index (χ3n) is 3.79. The monoisotopic (exact) mass is 273 g/mol. The third-order valence-corrected chi connectivity index (χ3v) is 3.79. The van der Waals surface area contributed by atoms with Crippen molar-refractivity contribution in [3.8, 4) is 0 Å². The molecule has 0 aliphatic heterocycles. The zero-order chi connectivity index (χ0) is 14.2. The first-order chi connectivity index (χ1) is 10.3. The normalized spacial score (nSPS) is 11.2. The number of aromatic nitrogens is 2. The molecule has 2 aromatic heterocycles. The molecule has 3 nitrogen and oxygen atoms in total. The summed E-state index contributed by atoms with van der Waals surface area (Å²) in [7, 11) is 0. The molecule has 0 aliphatic rings. The lowest BCUT2D eigenvalue weighted by Crippen LogP contribution is -2.00. The van der Waals surface area contributed by atoms with Gasteiger partial charge in [0, 0.05) is 17.3 Å². The van der Waals surface area contributed by atoms with E-state index in [2.05, 4.69) is 41.1 Å². The van der Waals surface area contributed by atoms with Gasteiger partial charge in [-0.2, -0.15) is 0 Å². The number of fused-ring (bicyclic) bond motifs is 2. The van der Waals surface area contributed by atoms with Gasteiger partial charge in [-0.1, -0.05) is 30.3 Å². The molecule has 0 unspecified atom stereocenters. The molecule has 2 N–H and O–H groups in total. The highest BCUT2D eigenvalue weighted by Crippen LogP contribution is 2.20. The van der Waals surface area contributed by atoms with Crippen molar-refractivity contribution < 1.29 is 0 Å². The number of nitrogens with two attached hydrogens (primary N) is 1. The molecule has 0 saturated heterocycles. The van der Waals surface area contributed by atoms with Crippen LogP contribution in [0.5, 0.6) is 0 Å². The first kappa shape index (κ1) is 12.0. The van der Waals surface area contributed by atoms with E-state index in [9.17, 15) is 0 Å². The van der Waals surface area contributed by atoms with Crippen LogP contribution in [0, 0.1) is 0 Å². The van der Waals surface area contributed by atoms with Crippen LogP contribution in [-0.2, 0) is 6.54 Å². The number of para-hydroxylation sites is 1. The molecule has 3 heteroatoms.